The highest BCUT2D eigenvalue weighted by Gasteiger charge is 2.69. The van der Waals surface area contributed by atoms with E-state index in [-0.39, 0.29) is 29.6 Å². The molecule has 1 heterocycles. The van der Waals surface area contributed by atoms with Crippen LogP contribution in [0.2, 0.25) is 0 Å². The molecule has 5 nitrogen and oxygen atoms in total. The monoisotopic (exact) mass is 464 g/mol. The predicted octanol–water partition coefficient (Wildman–Crippen LogP) is 4.53. The van der Waals surface area contributed by atoms with E-state index in [0.29, 0.717) is 6.61 Å². The quantitative estimate of drug-likeness (QED) is 0.453. The van der Waals surface area contributed by atoms with E-state index in [1.165, 1.54) is 26.2 Å². The number of carbonyl (C=O) groups is 2. The third-order valence-corrected chi connectivity index (χ3v) is 10.1. The van der Waals surface area contributed by atoms with Gasteiger partial charge in [0.15, 0.2) is 23.9 Å². The van der Waals surface area contributed by atoms with E-state index >= 15 is 4.39 Å². The first kappa shape index (κ1) is 23.4. The zero-order chi connectivity index (χ0) is 23.4. The molecule has 0 aromatic carbocycles. The van der Waals surface area contributed by atoms with Gasteiger partial charge in [-0.15, -0.1) is 0 Å². The largest absolute Gasteiger partial charge is 0.394 e. The lowest BCUT2D eigenvalue weighted by Crippen LogP contribution is -2.62. The lowest BCUT2D eigenvalue weighted by Gasteiger charge is -2.58. The summed E-state index contributed by atoms with van der Waals surface area (Å²) in [6.45, 7) is 7.40. The number of oxime groups is 1. The van der Waals surface area contributed by atoms with Crippen molar-refractivity contribution in [3.63, 3.8) is 0 Å². The second-order valence-corrected chi connectivity index (χ2v) is 11.7. The molecule has 5 aliphatic rings. The molecule has 5 fully saturated rings. The van der Waals surface area contributed by atoms with Crippen LogP contribution >= 0.6 is 0 Å². The summed E-state index contributed by atoms with van der Waals surface area (Å²) in [6.07, 6.45) is 4.34. The average Bonchev–Trinajstić information content (AvgIpc) is 3.05. The Morgan fingerprint density at radius 1 is 1.12 bits per heavy atom. The normalized spacial score (nSPS) is 47.2. The number of alkyl halides is 2. The molecule has 0 radical (unpaired) electrons. The number of halogens is 2. The van der Waals surface area contributed by atoms with Gasteiger partial charge in [0.2, 0.25) is 0 Å². The number of nitrogens with zero attached hydrogens (tertiary/aromatic N) is 2. The van der Waals surface area contributed by atoms with Gasteiger partial charge < -0.3 is 4.84 Å². The van der Waals surface area contributed by atoms with E-state index in [0.717, 1.165) is 57.5 Å². The summed E-state index contributed by atoms with van der Waals surface area (Å²) in [6, 6.07) is 0. The van der Waals surface area contributed by atoms with E-state index in [1.807, 2.05) is 0 Å². The van der Waals surface area contributed by atoms with Gasteiger partial charge in [-0.1, -0.05) is 18.5 Å². The fourth-order valence-electron chi connectivity index (χ4n) is 8.15. The molecule has 0 spiro atoms. The molecule has 7 heteroatoms. The van der Waals surface area contributed by atoms with Crippen molar-refractivity contribution in [1.82, 2.24) is 4.90 Å². The highest BCUT2D eigenvalue weighted by Crippen LogP contribution is 2.64. The molecule has 184 valence electrons. The van der Waals surface area contributed by atoms with Crippen molar-refractivity contribution in [3.8, 4) is 0 Å². The van der Waals surface area contributed by atoms with Crippen LogP contribution in [0.1, 0.15) is 71.6 Å². The molecule has 33 heavy (non-hydrogen) atoms. The summed E-state index contributed by atoms with van der Waals surface area (Å²) >= 11 is 0. The summed E-state index contributed by atoms with van der Waals surface area (Å²) < 4.78 is 29.9. The number of hydrogen-bond acceptors (Lipinski definition) is 5. The van der Waals surface area contributed by atoms with Crippen LogP contribution in [0, 0.1) is 34.5 Å². The summed E-state index contributed by atoms with van der Waals surface area (Å²) in [7, 11) is 0. The molecule has 0 aromatic rings. The standard InChI is InChI=1S/C26H38F2N2O3/c1-25-9-8-17(29-33-13-12-30-10-4-3-5-11-30)14-16(25)6-7-18-19-15-20(27)24(32)26(19,2)23(28)22(31)21(18)25/h16,18-21,23H,3-15H2,1-2H3/t16?,18?,19?,20?,21?,23?,25-,26+/m0/s1. The second kappa shape index (κ2) is 8.69. The molecular weight excluding hydrogens is 426 g/mol. The predicted molar refractivity (Wildman–Crippen MR) is 121 cm³/mol. The average molecular weight is 465 g/mol. The molecule has 6 unspecified atom stereocenters. The molecule has 4 saturated carbocycles. The van der Waals surface area contributed by atoms with Crippen LogP contribution in [-0.2, 0) is 14.4 Å². The van der Waals surface area contributed by atoms with Gasteiger partial charge >= 0.3 is 0 Å². The zero-order valence-corrected chi connectivity index (χ0v) is 20.0. The van der Waals surface area contributed by atoms with E-state index in [9.17, 15) is 14.0 Å². The minimum Gasteiger partial charge on any atom is -0.394 e. The van der Waals surface area contributed by atoms with E-state index < -0.39 is 35.2 Å². The number of carbonyl (C=O) groups excluding carboxylic acids is 2. The Hall–Kier alpha value is -1.37. The third-order valence-electron chi connectivity index (χ3n) is 10.1. The molecule has 4 aliphatic carbocycles. The van der Waals surface area contributed by atoms with Gasteiger partial charge in [-0.3, -0.25) is 14.5 Å². The molecule has 0 aromatic heterocycles. The van der Waals surface area contributed by atoms with E-state index in [4.69, 9.17) is 4.84 Å². The topological polar surface area (TPSA) is 59.0 Å². The minimum atomic E-state index is -1.89. The van der Waals surface area contributed by atoms with Crippen LogP contribution in [-0.4, -0.2) is 60.8 Å². The number of ketones is 2. The smallest absolute Gasteiger partial charge is 0.176 e. The maximum absolute atomic E-state index is 15.5. The van der Waals surface area contributed by atoms with E-state index in [1.54, 1.807) is 0 Å². The molecule has 8 atom stereocenters. The SMILES string of the molecule is C[C@]12CCC(=NOCCN3CCCCC3)CC1CCC1C2C(=O)C(F)[C@]2(C)C(=O)C(F)CC12. The lowest BCUT2D eigenvalue weighted by atomic mass is 9.44. The van der Waals surface area contributed by atoms with Gasteiger partial charge in [-0.2, -0.15) is 0 Å². The zero-order valence-electron chi connectivity index (χ0n) is 20.0. The third kappa shape index (κ3) is 3.68. The van der Waals surface area contributed by atoms with Gasteiger partial charge in [-0.05, 0) is 94.5 Å². The van der Waals surface area contributed by atoms with Gasteiger partial charge in [0, 0.05) is 12.5 Å². The summed E-state index contributed by atoms with van der Waals surface area (Å²) in [5.41, 5.74) is -0.764. The molecule has 1 aliphatic heterocycles. The molecular formula is C26H38F2N2O3. The van der Waals surface area contributed by atoms with Gasteiger partial charge in [-0.25, -0.2) is 8.78 Å². The Labute approximate surface area is 195 Å². The van der Waals surface area contributed by atoms with Crippen molar-refractivity contribution >= 4 is 17.3 Å². The van der Waals surface area contributed by atoms with Crippen LogP contribution in [0.15, 0.2) is 5.16 Å². The van der Waals surface area contributed by atoms with Crippen molar-refractivity contribution in [2.45, 2.75) is 84.0 Å². The van der Waals surface area contributed by atoms with Crippen molar-refractivity contribution in [3.05, 3.63) is 0 Å². The number of Topliss-reactive ketones (excluding diaryl/α,β-unsaturated/α-hetero) is 2. The molecule has 1 saturated heterocycles. The Morgan fingerprint density at radius 3 is 2.64 bits per heavy atom. The Balaban J connectivity index is 1.26. The fourth-order valence-corrected chi connectivity index (χ4v) is 8.15. The van der Waals surface area contributed by atoms with Crippen LogP contribution < -0.4 is 0 Å². The van der Waals surface area contributed by atoms with Gasteiger partial charge in [0.1, 0.15) is 6.61 Å². The van der Waals surface area contributed by atoms with Crippen LogP contribution in [0.25, 0.3) is 0 Å². The first-order valence-electron chi connectivity index (χ1n) is 13.0. The number of fused-ring (bicyclic) bond motifs is 5. The first-order valence-corrected chi connectivity index (χ1v) is 13.0. The molecule has 5 rings (SSSR count). The van der Waals surface area contributed by atoms with Crippen molar-refractivity contribution in [2.24, 2.45) is 39.7 Å². The Morgan fingerprint density at radius 2 is 1.88 bits per heavy atom. The maximum Gasteiger partial charge on any atom is 0.176 e. The first-order chi connectivity index (χ1) is 15.8. The fraction of sp³-hybridized carbons (Fsp3) is 0.885. The number of rotatable bonds is 4. The van der Waals surface area contributed by atoms with E-state index in [2.05, 4.69) is 17.0 Å². The second-order valence-electron chi connectivity index (χ2n) is 11.7. The summed E-state index contributed by atoms with van der Waals surface area (Å²) in [5, 5.41) is 4.45. The van der Waals surface area contributed by atoms with Crippen molar-refractivity contribution in [1.29, 1.82) is 0 Å². The van der Waals surface area contributed by atoms with Crippen LogP contribution in [0.4, 0.5) is 8.78 Å². The van der Waals surface area contributed by atoms with Gasteiger partial charge in [0.25, 0.3) is 0 Å². The number of likely N-dealkylation sites (tertiary alicyclic amines) is 1. The molecule has 0 N–H and O–H groups in total. The Bertz CT molecular complexity index is 828. The molecule has 0 bridgehead atoms. The lowest BCUT2D eigenvalue weighted by molar-refractivity contribution is -0.169. The number of hydrogen-bond donors (Lipinski definition) is 0. The minimum absolute atomic E-state index is 0.0719. The molecule has 0 amide bonds. The van der Waals surface area contributed by atoms with Crippen molar-refractivity contribution in [2.75, 3.05) is 26.2 Å². The van der Waals surface area contributed by atoms with Crippen LogP contribution in [0.5, 0.6) is 0 Å². The number of piperidine rings is 1. The highest BCUT2D eigenvalue weighted by molar-refractivity contribution is 6.00. The summed E-state index contributed by atoms with van der Waals surface area (Å²) in [4.78, 5) is 34.0. The summed E-state index contributed by atoms with van der Waals surface area (Å²) in [5.74, 6) is -1.80. The van der Waals surface area contributed by atoms with Crippen molar-refractivity contribution < 1.29 is 23.2 Å². The highest BCUT2D eigenvalue weighted by atomic mass is 19.1. The van der Waals surface area contributed by atoms with Gasteiger partial charge in [0.05, 0.1) is 11.1 Å². The Kier molecular flexibility index (Phi) is 6.16. The van der Waals surface area contributed by atoms with Crippen LogP contribution in [0.3, 0.4) is 0 Å². The maximum atomic E-state index is 15.5.